The van der Waals surface area contributed by atoms with Gasteiger partial charge >= 0.3 is 5.97 Å². The van der Waals surface area contributed by atoms with Gasteiger partial charge in [0.05, 0.1) is 7.11 Å². The summed E-state index contributed by atoms with van der Waals surface area (Å²) in [5.74, 6) is -3.44. The summed E-state index contributed by atoms with van der Waals surface area (Å²) in [6.07, 6.45) is 0.505. The molecule has 0 aliphatic heterocycles. The van der Waals surface area contributed by atoms with Crippen LogP contribution in [0.1, 0.15) is 30.7 Å². The first kappa shape index (κ1) is 15.1. The molecule has 5 nitrogen and oxygen atoms in total. The van der Waals surface area contributed by atoms with Gasteiger partial charge in [0.15, 0.2) is 5.78 Å². The second-order valence-corrected chi connectivity index (χ2v) is 5.07. The maximum absolute atomic E-state index is 12.0. The molecule has 2 rings (SSSR count). The Morgan fingerprint density at radius 1 is 1.24 bits per heavy atom. The molecule has 0 heterocycles. The summed E-state index contributed by atoms with van der Waals surface area (Å²) in [5, 5.41) is 0. The van der Waals surface area contributed by atoms with Crippen LogP contribution in [-0.2, 0) is 23.9 Å². The zero-order chi connectivity index (χ0) is 15.4. The fraction of sp³-hybridized carbons (Fsp3) is 0.375. The van der Waals surface area contributed by atoms with E-state index in [0.717, 1.165) is 12.7 Å². The molecule has 0 saturated heterocycles. The Hall–Kier alpha value is -2.30. The molecule has 5 heteroatoms. The third kappa shape index (κ3) is 3.24. The van der Waals surface area contributed by atoms with Gasteiger partial charge in [-0.05, 0) is 12.0 Å². The minimum Gasteiger partial charge on any atom is -0.463 e. The molecule has 1 aliphatic rings. The Bertz CT molecular complexity index is 576. The van der Waals surface area contributed by atoms with Crippen molar-refractivity contribution in [3.63, 3.8) is 0 Å². The topological polar surface area (TPSA) is 77.5 Å². The van der Waals surface area contributed by atoms with E-state index in [1.807, 2.05) is 6.07 Å². The maximum Gasteiger partial charge on any atom is 0.374 e. The maximum atomic E-state index is 12.0. The number of methoxy groups -OCH3 is 1. The number of carbonyl (C=O) groups excluding carboxylic acids is 4. The summed E-state index contributed by atoms with van der Waals surface area (Å²) in [6, 6.07) is 9.01. The summed E-state index contributed by atoms with van der Waals surface area (Å²) >= 11 is 0. The zero-order valence-electron chi connectivity index (χ0n) is 11.7. The van der Waals surface area contributed by atoms with E-state index in [4.69, 9.17) is 0 Å². The third-order valence-electron chi connectivity index (χ3n) is 3.83. The van der Waals surface area contributed by atoms with Crippen LogP contribution in [0.5, 0.6) is 0 Å². The second kappa shape index (κ2) is 6.43. The fourth-order valence-electron chi connectivity index (χ4n) is 2.72. The number of hydrogen-bond donors (Lipinski definition) is 0. The van der Waals surface area contributed by atoms with Gasteiger partial charge in [0.25, 0.3) is 0 Å². The molecule has 0 aromatic heterocycles. The summed E-state index contributed by atoms with van der Waals surface area (Å²) in [6.45, 7) is 0. The van der Waals surface area contributed by atoms with Gasteiger partial charge < -0.3 is 4.74 Å². The van der Waals surface area contributed by atoms with Gasteiger partial charge in [0.1, 0.15) is 0 Å². The number of esters is 1. The molecule has 110 valence electrons. The fourth-order valence-corrected chi connectivity index (χ4v) is 2.72. The van der Waals surface area contributed by atoms with E-state index in [1.165, 1.54) is 0 Å². The van der Waals surface area contributed by atoms with Gasteiger partial charge in [-0.15, -0.1) is 0 Å². The van der Waals surface area contributed by atoms with Gasteiger partial charge in [0, 0.05) is 24.7 Å². The summed E-state index contributed by atoms with van der Waals surface area (Å²) in [7, 11) is 1.14. The van der Waals surface area contributed by atoms with Crippen molar-refractivity contribution in [1.82, 2.24) is 0 Å². The van der Waals surface area contributed by atoms with Gasteiger partial charge in [-0.25, -0.2) is 4.79 Å². The lowest BCUT2D eigenvalue weighted by atomic mass is 9.81. The number of Topliss-reactive ketones (excluding diaryl/α,β-unsaturated/α-hetero) is 3. The molecule has 0 bridgehead atoms. The highest BCUT2D eigenvalue weighted by molar-refractivity contribution is 6.40. The SMILES string of the molecule is COC(=O)C(=O)C[C@@H](c1ccccc1)C1CCC(=O)C1=O. The van der Waals surface area contributed by atoms with E-state index in [1.54, 1.807) is 24.3 Å². The van der Waals surface area contributed by atoms with Crippen LogP contribution in [-0.4, -0.2) is 30.4 Å². The van der Waals surface area contributed by atoms with Crippen LogP contribution in [0.2, 0.25) is 0 Å². The van der Waals surface area contributed by atoms with Gasteiger partial charge in [-0.1, -0.05) is 30.3 Å². The molecule has 0 N–H and O–H groups in total. The molecule has 1 unspecified atom stereocenters. The van der Waals surface area contributed by atoms with Crippen molar-refractivity contribution in [1.29, 1.82) is 0 Å². The highest BCUT2D eigenvalue weighted by Crippen LogP contribution is 2.36. The molecule has 0 amide bonds. The van der Waals surface area contributed by atoms with E-state index >= 15 is 0 Å². The van der Waals surface area contributed by atoms with Crippen LogP contribution in [0.25, 0.3) is 0 Å². The first-order valence-corrected chi connectivity index (χ1v) is 6.77. The standard InChI is InChI=1S/C16H16O5/c1-21-16(20)14(18)9-12(10-5-3-2-4-6-10)11-7-8-13(17)15(11)19/h2-6,11-12H,7-9H2,1H3/t11?,12-/m0/s1. The Morgan fingerprint density at radius 3 is 2.43 bits per heavy atom. The van der Waals surface area contributed by atoms with Crippen molar-refractivity contribution < 1.29 is 23.9 Å². The van der Waals surface area contributed by atoms with E-state index < -0.39 is 35.2 Å². The van der Waals surface area contributed by atoms with Crippen LogP contribution in [0.3, 0.4) is 0 Å². The van der Waals surface area contributed by atoms with E-state index in [9.17, 15) is 19.2 Å². The lowest BCUT2D eigenvalue weighted by Gasteiger charge is -2.21. The molecular weight excluding hydrogens is 272 g/mol. The smallest absolute Gasteiger partial charge is 0.374 e. The molecular formula is C16H16O5. The second-order valence-electron chi connectivity index (χ2n) is 5.07. The van der Waals surface area contributed by atoms with Crippen LogP contribution in [0.15, 0.2) is 30.3 Å². The van der Waals surface area contributed by atoms with E-state index in [2.05, 4.69) is 4.74 Å². The first-order chi connectivity index (χ1) is 10.0. The van der Waals surface area contributed by atoms with Gasteiger partial charge in [0.2, 0.25) is 11.6 Å². The number of hydrogen-bond acceptors (Lipinski definition) is 5. The molecule has 1 aromatic carbocycles. The average Bonchev–Trinajstić information content (AvgIpc) is 2.84. The monoisotopic (exact) mass is 288 g/mol. The third-order valence-corrected chi connectivity index (χ3v) is 3.83. The Labute approximate surface area is 122 Å². The lowest BCUT2D eigenvalue weighted by Crippen LogP contribution is -2.26. The number of ketones is 3. The molecule has 0 spiro atoms. The molecule has 1 aliphatic carbocycles. The van der Waals surface area contributed by atoms with Gasteiger partial charge in [-0.2, -0.15) is 0 Å². The van der Waals surface area contributed by atoms with Crippen molar-refractivity contribution in [2.75, 3.05) is 7.11 Å². The number of carbonyl (C=O) groups is 4. The number of ether oxygens (including phenoxy) is 1. The largest absolute Gasteiger partial charge is 0.463 e. The summed E-state index contributed by atoms with van der Waals surface area (Å²) in [5.41, 5.74) is 0.780. The van der Waals surface area contributed by atoms with Crippen molar-refractivity contribution in [3.8, 4) is 0 Å². The number of benzene rings is 1. The van der Waals surface area contributed by atoms with E-state index in [-0.39, 0.29) is 12.8 Å². The van der Waals surface area contributed by atoms with Crippen molar-refractivity contribution >= 4 is 23.3 Å². The molecule has 1 aromatic rings. The molecule has 1 saturated carbocycles. The predicted molar refractivity (Wildman–Crippen MR) is 73.6 cm³/mol. The Morgan fingerprint density at radius 2 is 1.90 bits per heavy atom. The van der Waals surface area contributed by atoms with E-state index in [0.29, 0.717) is 6.42 Å². The average molecular weight is 288 g/mol. The highest BCUT2D eigenvalue weighted by Gasteiger charge is 2.40. The summed E-state index contributed by atoms with van der Waals surface area (Å²) in [4.78, 5) is 46.6. The highest BCUT2D eigenvalue weighted by atomic mass is 16.5. The minimum absolute atomic E-state index is 0.125. The molecule has 2 atom stereocenters. The van der Waals surface area contributed by atoms with Crippen LogP contribution < -0.4 is 0 Å². The van der Waals surface area contributed by atoms with Gasteiger partial charge in [-0.3, -0.25) is 14.4 Å². The molecule has 0 radical (unpaired) electrons. The predicted octanol–water partition coefficient (Wildman–Crippen LogP) is 1.45. The normalized spacial score (nSPS) is 19.4. The van der Waals surface area contributed by atoms with Crippen molar-refractivity contribution in [2.45, 2.75) is 25.2 Å². The quantitative estimate of drug-likeness (QED) is 0.605. The lowest BCUT2D eigenvalue weighted by molar-refractivity contribution is -0.152. The molecule has 21 heavy (non-hydrogen) atoms. The summed E-state index contributed by atoms with van der Waals surface area (Å²) < 4.78 is 4.42. The van der Waals surface area contributed by atoms with Crippen LogP contribution in [0, 0.1) is 5.92 Å². The Kier molecular flexibility index (Phi) is 4.62. The van der Waals surface area contributed by atoms with Crippen LogP contribution in [0.4, 0.5) is 0 Å². The first-order valence-electron chi connectivity index (χ1n) is 6.77. The zero-order valence-corrected chi connectivity index (χ0v) is 11.7. The van der Waals surface area contributed by atoms with Crippen LogP contribution >= 0.6 is 0 Å². The Balaban J connectivity index is 2.27. The minimum atomic E-state index is -0.923. The molecule has 1 fully saturated rings. The number of rotatable bonds is 5. The van der Waals surface area contributed by atoms with Crippen molar-refractivity contribution in [2.24, 2.45) is 5.92 Å². The van der Waals surface area contributed by atoms with Crippen molar-refractivity contribution in [3.05, 3.63) is 35.9 Å².